The van der Waals surface area contributed by atoms with Gasteiger partial charge in [0.1, 0.15) is 0 Å². The summed E-state index contributed by atoms with van der Waals surface area (Å²) in [5, 5.41) is 0.250. The molecule has 0 saturated heterocycles. The summed E-state index contributed by atoms with van der Waals surface area (Å²) < 4.78 is 27.9. The first kappa shape index (κ1) is 22.3. The minimum absolute atomic E-state index is 0.00468. The fourth-order valence-corrected chi connectivity index (χ4v) is 4.09. The zero-order valence-corrected chi connectivity index (χ0v) is 18.3. The van der Waals surface area contributed by atoms with E-state index in [0.29, 0.717) is 5.69 Å². The molecule has 9 heteroatoms. The summed E-state index contributed by atoms with van der Waals surface area (Å²) in [6.07, 6.45) is 0. The average Bonchev–Trinajstić information content (AvgIpc) is 2.75. The van der Waals surface area contributed by atoms with Crippen LogP contribution in [0, 0.1) is 13.8 Å². The van der Waals surface area contributed by atoms with E-state index in [9.17, 15) is 18.0 Å². The zero-order chi connectivity index (χ0) is 22.6. The van der Waals surface area contributed by atoms with Gasteiger partial charge >= 0.3 is 0 Å². The van der Waals surface area contributed by atoms with E-state index in [0.717, 1.165) is 11.1 Å². The maximum absolute atomic E-state index is 12.7. The second-order valence-electron chi connectivity index (χ2n) is 6.77. The molecule has 3 aromatic rings. The van der Waals surface area contributed by atoms with Crippen LogP contribution in [0.5, 0.6) is 0 Å². The van der Waals surface area contributed by atoms with Crippen LogP contribution in [0.3, 0.4) is 0 Å². The molecule has 0 unspecified atom stereocenters. The maximum Gasteiger partial charge on any atom is 0.271 e. The van der Waals surface area contributed by atoms with E-state index >= 15 is 0 Å². The largest absolute Gasteiger partial charge is 0.279 e. The molecule has 3 aromatic carbocycles. The van der Waals surface area contributed by atoms with Crippen LogP contribution in [0.2, 0.25) is 5.02 Å². The number of carbonyl (C=O) groups is 2. The SMILES string of the molecule is Cc1cccc(NS(=O)(=O)c2ccc(C(=O)NNC(=O)c3ccccc3Cl)cc2)c1C. The highest BCUT2D eigenvalue weighted by Gasteiger charge is 2.17. The van der Waals surface area contributed by atoms with Crippen molar-refractivity contribution in [2.75, 3.05) is 4.72 Å². The molecule has 0 saturated carbocycles. The van der Waals surface area contributed by atoms with Crippen LogP contribution in [-0.2, 0) is 10.0 Å². The fraction of sp³-hybridized carbons (Fsp3) is 0.0909. The minimum Gasteiger partial charge on any atom is -0.279 e. The quantitative estimate of drug-likeness (QED) is 0.506. The van der Waals surface area contributed by atoms with Crippen molar-refractivity contribution in [3.05, 3.63) is 94.0 Å². The van der Waals surface area contributed by atoms with E-state index in [1.165, 1.54) is 30.3 Å². The van der Waals surface area contributed by atoms with Crippen molar-refractivity contribution in [2.45, 2.75) is 18.7 Å². The van der Waals surface area contributed by atoms with Crippen LogP contribution in [0.25, 0.3) is 0 Å². The van der Waals surface area contributed by atoms with E-state index in [-0.39, 0.29) is 21.0 Å². The van der Waals surface area contributed by atoms with Crippen LogP contribution < -0.4 is 15.6 Å². The number of hydrogen-bond donors (Lipinski definition) is 3. The highest BCUT2D eigenvalue weighted by molar-refractivity contribution is 7.92. The van der Waals surface area contributed by atoms with Gasteiger partial charge in [-0.3, -0.25) is 25.2 Å². The van der Waals surface area contributed by atoms with Gasteiger partial charge in [0.25, 0.3) is 21.8 Å². The summed E-state index contributed by atoms with van der Waals surface area (Å²) in [5.41, 5.74) is 7.21. The first-order chi connectivity index (χ1) is 14.7. The van der Waals surface area contributed by atoms with Gasteiger partial charge in [-0.15, -0.1) is 0 Å². The Morgan fingerprint density at radius 3 is 2.13 bits per heavy atom. The third-order valence-corrected chi connectivity index (χ3v) is 6.39. The molecule has 2 amide bonds. The van der Waals surface area contributed by atoms with Crippen molar-refractivity contribution in [2.24, 2.45) is 0 Å². The predicted octanol–water partition coefficient (Wildman–Crippen LogP) is 3.83. The molecule has 3 rings (SSSR count). The number of aryl methyl sites for hydroxylation is 1. The summed E-state index contributed by atoms with van der Waals surface area (Å²) in [5.74, 6) is -1.18. The number of halogens is 1. The highest BCUT2D eigenvalue weighted by atomic mass is 35.5. The van der Waals surface area contributed by atoms with Gasteiger partial charge in [0.2, 0.25) is 0 Å². The molecule has 0 atom stereocenters. The molecular weight excluding hydrogens is 438 g/mol. The van der Waals surface area contributed by atoms with Gasteiger partial charge in [0, 0.05) is 5.56 Å². The zero-order valence-electron chi connectivity index (χ0n) is 16.8. The molecule has 160 valence electrons. The topological polar surface area (TPSA) is 104 Å². The smallest absolute Gasteiger partial charge is 0.271 e. The molecule has 0 aliphatic rings. The van der Waals surface area contributed by atoms with Crippen LogP contribution in [-0.4, -0.2) is 20.2 Å². The lowest BCUT2D eigenvalue weighted by atomic mass is 10.1. The van der Waals surface area contributed by atoms with E-state index in [4.69, 9.17) is 11.6 Å². The summed E-state index contributed by atoms with van der Waals surface area (Å²) in [7, 11) is -3.83. The molecular formula is C22H20ClN3O4S. The molecule has 0 heterocycles. The lowest BCUT2D eigenvalue weighted by Gasteiger charge is -2.12. The third-order valence-electron chi connectivity index (χ3n) is 4.68. The summed E-state index contributed by atoms with van der Waals surface area (Å²) in [6.45, 7) is 3.72. The van der Waals surface area contributed by atoms with Crippen molar-refractivity contribution in [3.63, 3.8) is 0 Å². The Bertz CT molecular complexity index is 1240. The Morgan fingerprint density at radius 1 is 0.806 bits per heavy atom. The normalized spacial score (nSPS) is 10.9. The van der Waals surface area contributed by atoms with Gasteiger partial charge in [0.05, 0.1) is 21.2 Å². The number of rotatable bonds is 5. The van der Waals surface area contributed by atoms with Crippen molar-refractivity contribution < 1.29 is 18.0 Å². The van der Waals surface area contributed by atoms with Crippen molar-refractivity contribution in [3.8, 4) is 0 Å². The van der Waals surface area contributed by atoms with Crippen LogP contribution in [0.15, 0.2) is 71.6 Å². The van der Waals surface area contributed by atoms with Gasteiger partial charge in [0.15, 0.2) is 0 Å². The Morgan fingerprint density at radius 2 is 1.45 bits per heavy atom. The summed E-state index contributed by atoms with van der Waals surface area (Å²) in [6, 6.07) is 17.1. The van der Waals surface area contributed by atoms with Gasteiger partial charge in [-0.05, 0) is 67.4 Å². The molecule has 0 radical (unpaired) electrons. The predicted molar refractivity (Wildman–Crippen MR) is 120 cm³/mol. The van der Waals surface area contributed by atoms with E-state index in [1.807, 2.05) is 19.9 Å². The molecule has 0 aliphatic carbocycles. The number of nitrogens with one attached hydrogen (secondary N) is 3. The number of benzene rings is 3. The van der Waals surface area contributed by atoms with E-state index < -0.39 is 21.8 Å². The first-order valence-corrected chi connectivity index (χ1v) is 11.1. The number of carbonyl (C=O) groups excluding carboxylic acids is 2. The molecule has 0 aliphatic heterocycles. The lowest BCUT2D eigenvalue weighted by molar-refractivity contribution is 0.0846. The van der Waals surface area contributed by atoms with Crippen molar-refractivity contribution in [1.82, 2.24) is 10.9 Å². The number of anilines is 1. The molecule has 7 nitrogen and oxygen atoms in total. The second kappa shape index (κ2) is 9.20. The van der Waals surface area contributed by atoms with Gasteiger partial charge < -0.3 is 0 Å². The number of sulfonamides is 1. The Hall–Kier alpha value is -3.36. The number of hydrazine groups is 1. The van der Waals surface area contributed by atoms with E-state index in [1.54, 1.807) is 30.3 Å². The summed E-state index contributed by atoms with van der Waals surface area (Å²) >= 11 is 5.95. The minimum atomic E-state index is -3.83. The maximum atomic E-state index is 12.7. The van der Waals surface area contributed by atoms with E-state index in [2.05, 4.69) is 15.6 Å². The van der Waals surface area contributed by atoms with Crippen LogP contribution >= 0.6 is 11.6 Å². The Kier molecular flexibility index (Phi) is 6.62. The van der Waals surface area contributed by atoms with Crippen LogP contribution in [0.4, 0.5) is 5.69 Å². The van der Waals surface area contributed by atoms with Crippen molar-refractivity contribution >= 4 is 39.1 Å². The average molecular weight is 458 g/mol. The molecule has 3 N–H and O–H groups in total. The Balaban J connectivity index is 1.67. The fourth-order valence-electron chi connectivity index (χ4n) is 2.75. The summed E-state index contributed by atoms with van der Waals surface area (Å²) in [4.78, 5) is 24.4. The third kappa shape index (κ3) is 5.22. The number of hydrogen-bond acceptors (Lipinski definition) is 4. The molecule has 0 fully saturated rings. The Labute approximate surface area is 185 Å². The molecule has 0 aromatic heterocycles. The standard InChI is InChI=1S/C22H20ClN3O4S/c1-14-6-5-9-20(15(14)2)26-31(29,30)17-12-10-16(11-13-17)21(27)24-25-22(28)18-7-3-4-8-19(18)23/h3-13,26H,1-2H3,(H,24,27)(H,25,28). The molecule has 0 spiro atoms. The van der Waals surface area contributed by atoms with Crippen molar-refractivity contribution in [1.29, 1.82) is 0 Å². The van der Waals surface area contributed by atoms with Gasteiger partial charge in [-0.25, -0.2) is 8.42 Å². The van der Waals surface area contributed by atoms with Crippen LogP contribution in [0.1, 0.15) is 31.8 Å². The molecule has 31 heavy (non-hydrogen) atoms. The van der Waals surface area contributed by atoms with Gasteiger partial charge in [-0.1, -0.05) is 35.9 Å². The first-order valence-electron chi connectivity index (χ1n) is 9.23. The van der Waals surface area contributed by atoms with Gasteiger partial charge in [-0.2, -0.15) is 0 Å². The monoisotopic (exact) mass is 457 g/mol. The highest BCUT2D eigenvalue weighted by Crippen LogP contribution is 2.22. The lowest BCUT2D eigenvalue weighted by Crippen LogP contribution is -2.41. The number of amides is 2. The molecule has 0 bridgehead atoms. The second-order valence-corrected chi connectivity index (χ2v) is 8.86.